The molecule has 1 aromatic carbocycles. The fourth-order valence-corrected chi connectivity index (χ4v) is 4.61. The molecule has 1 unspecified atom stereocenters. The Morgan fingerprint density at radius 1 is 1.23 bits per heavy atom. The largest absolute Gasteiger partial charge is 0.398 e. The number of nitrogens with zero attached hydrogens (tertiary/aromatic N) is 3. The van der Waals surface area contributed by atoms with Crippen molar-refractivity contribution in [2.75, 3.05) is 45.7 Å². The van der Waals surface area contributed by atoms with E-state index < -0.39 is 0 Å². The fraction of sp³-hybridized carbons (Fsp3) is 0.353. The number of hydrogen-bond acceptors (Lipinski definition) is 5. The van der Waals surface area contributed by atoms with Crippen molar-refractivity contribution in [3.8, 4) is 0 Å². The number of likely N-dealkylation sites (N-methyl/N-ethyl adjacent to an activating group) is 1. The molecule has 0 aliphatic carbocycles. The van der Waals surface area contributed by atoms with Gasteiger partial charge >= 0.3 is 0 Å². The summed E-state index contributed by atoms with van der Waals surface area (Å²) in [6.07, 6.45) is 19.5. The lowest BCUT2D eigenvalue weighted by atomic mass is 9.89. The first-order valence-electron chi connectivity index (χ1n) is 14.0. The molecule has 214 valence electrons. The van der Waals surface area contributed by atoms with Gasteiger partial charge in [0.25, 0.3) is 0 Å². The molecule has 1 aliphatic heterocycles. The van der Waals surface area contributed by atoms with Crippen molar-refractivity contribution in [3.05, 3.63) is 114 Å². The molecule has 2 rings (SSSR count). The Kier molecular flexibility index (Phi) is 13.7. The van der Waals surface area contributed by atoms with Crippen LogP contribution in [0.1, 0.15) is 33.1 Å². The third-order valence-corrected chi connectivity index (χ3v) is 6.94. The van der Waals surface area contributed by atoms with E-state index in [9.17, 15) is 4.79 Å². The Labute approximate surface area is 241 Å². The molecule has 0 spiro atoms. The number of rotatable bonds is 13. The van der Waals surface area contributed by atoms with E-state index in [1.54, 1.807) is 12.2 Å². The van der Waals surface area contributed by atoms with E-state index in [1.165, 1.54) is 6.21 Å². The SMILES string of the molecule is C=CC(=C\C=C\N(C)c1ccccc1)/C(=C\CC)C(/N)=C(C=N)\C=C(/C)C1CCCN(C(=O)/C=C/CN(C)C)C1. The van der Waals surface area contributed by atoms with Crippen LogP contribution in [0, 0.1) is 11.3 Å². The molecule has 6 nitrogen and oxygen atoms in total. The first kappa shape index (κ1) is 32.3. The van der Waals surface area contributed by atoms with Crippen molar-refractivity contribution >= 4 is 17.8 Å². The van der Waals surface area contributed by atoms with E-state index in [1.807, 2.05) is 84.5 Å². The van der Waals surface area contributed by atoms with Crippen molar-refractivity contribution in [1.82, 2.24) is 9.80 Å². The molecular formula is C34H47N5O. The number of hydrogen-bond donors (Lipinski definition) is 2. The summed E-state index contributed by atoms with van der Waals surface area (Å²) in [7, 11) is 5.97. The zero-order valence-electron chi connectivity index (χ0n) is 24.9. The first-order valence-corrected chi connectivity index (χ1v) is 14.0. The minimum absolute atomic E-state index is 0.0570. The van der Waals surface area contributed by atoms with Crippen LogP contribution < -0.4 is 10.6 Å². The van der Waals surface area contributed by atoms with Crippen molar-refractivity contribution in [1.29, 1.82) is 5.41 Å². The lowest BCUT2D eigenvalue weighted by molar-refractivity contribution is -0.127. The summed E-state index contributed by atoms with van der Waals surface area (Å²) in [5.74, 6) is 0.286. The third kappa shape index (κ3) is 10.0. The summed E-state index contributed by atoms with van der Waals surface area (Å²) >= 11 is 0. The van der Waals surface area contributed by atoms with Crippen molar-refractivity contribution < 1.29 is 4.79 Å². The topological polar surface area (TPSA) is 76.7 Å². The summed E-state index contributed by atoms with van der Waals surface area (Å²) in [6, 6.07) is 10.1. The molecule has 3 N–H and O–H groups in total. The average molecular weight is 542 g/mol. The lowest BCUT2D eigenvalue weighted by Crippen LogP contribution is -2.39. The molecule has 0 radical (unpaired) electrons. The Morgan fingerprint density at radius 3 is 2.58 bits per heavy atom. The zero-order valence-corrected chi connectivity index (χ0v) is 24.9. The molecule has 1 saturated heterocycles. The highest BCUT2D eigenvalue weighted by molar-refractivity contribution is 5.87. The molecule has 40 heavy (non-hydrogen) atoms. The highest BCUT2D eigenvalue weighted by Gasteiger charge is 2.23. The van der Waals surface area contributed by atoms with Crippen LogP contribution in [0.4, 0.5) is 5.69 Å². The maximum Gasteiger partial charge on any atom is 0.246 e. The van der Waals surface area contributed by atoms with Crippen LogP contribution in [0.25, 0.3) is 0 Å². The van der Waals surface area contributed by atoms with E-state index in [2.05, 4.69) is 38.6 Å². The molecule has 0 aromatic heterocycles. The van der Waals surface area contributed by atoms with Crippen LogP contribution >= 0.6 is 0 Å². The number of carbonyl (C=O) groups is 1. The van der Waals surface area contributed by atoms with Crippen LogP contribution in [-0.4, -0.2) is 62.7 Å². The van der Waals surface area contributed by atoms with Gasteiger partial charge in [0.1, 0.15) is 0 Å². The second kappa shape index (κ2) is 16.9. The first-order chi connectivity index (χ1) is 19.2. The van der Waals surface area contributed by atoms with Gasteiger partial charge in [0.15, 0.2) is 0 Å². The van der Waals surface area contributed by atoms with Crippen LogP contribution in [-0.2, 0) is 4.79 Å². The van der Waals surface area contributed by atoms with Gasteiger partial charge in [0.2, 0.25) is 5.91 Å². The van der Waals surface area contributed by atoms with Gasteiger partial charge in [0, 0.05) is 67.7 Å². The Hall–Kier alpha value is -3.90. The average Bonchev–Trinajstić information content (AvgIpc) is 2.96. The molecule has 0 saturated carbocycles. The minimum Gasteiger partial charge on any atom is -0.398 e. The van der Waals surface area contributed by atoms with Crippen LogP contribution in [0.15, 0.2) is 114 Å². The van der Waals surface area contributed by atoms with E-state index in [4.69, 9.17) is 11.1 Å². The van der Waals surface area contributed by atoms with Crippen LogP contribution in [0.3, 0.4) is 0 Å². The number of carbonyl (C=O) groups excluding carboxylic acids is 1. The van der Waals surface area contributed by atoms with Gasteiger partial charge in [-0.05, 0) is 70.0 Å². The van der Waals surface area contributed by atoms with Gasteiger partial charge < -0.3 is 25.8 Å². The summed E-state index contributed by atoms with van der Waals surface area (Å²) < 4.78 is 0. The van der Waals surface area contributed by atoms with Gasteiger partial charge in [-0.1, -0.05) is 67.7 Å². The van der Waals surface area contributed by atoms with Crippen molar-refractivity contribution in [3.63, 3.8) is 0 Å². The van der Waals surface area contributed by atoms with Crippen LogP contribution in [0.5, 0.6) is 0 Å². The number of piperidine rings is 1. The lowest BCUT2D eigenvalue weighted by Gasteiger charge is -2.33. The number of anilines is 1. The Bertz CT molecular complexity index is 1180. The van der Waals surface area contributed by atoms with E-state index in [0.717, 1.165) is 54.8 Å². The summed E-state index contributed by atoms with van der Waals surface area (Å²) in [4.78, 5) is 18.7. The maximum absolute atomic E-state index is 12.7. The van der Waals surface area contributed by atoms with E-state index >= 15 is 0 Å². The molecule has 1 amide bonds. The van der Waals surface area contributed by atoms with Crippen molar-refractivity contribution in [2.45, 2.75) is 33.1 Å². The predicted molar refractivity (Wildman–Crippen MR) is 171 cm³/mol. The highest BCUT2D eigenvalue weighted by atomic mass is 16.2. The number of nitrogens with one attached hydrogen (secondary N) is 1. The van der Waals surface area contributed by atoms with Gasteiger partial charge in [-0.2, -0.15) is 0 Å². The molecule has 1 heterocycles. The second-order valence-corrected chi connectivity index (χ2v) is 10.3. The molecule has 1 aromatic rings. The Morgan fingerprint density at radius 2 is 1.95 bits per heavy atom. The standard InChI is InChI=1S/C34H47N5O/c1-7-15-32(28(8-2)16-12-22-38(6)31-18-10-9-11-19-31)34(36)30(25-35)24-27(3)29-17-13-23-39(26-29)33(40)20-14-21-37(4)5/h8-12,14-16,18-20,22,24-25,29,35H,2,7,13,17,21,23,26,36H2,1,3-6H3/b20-14+,22-12+,27-24+,28-16+,32-15+,34-30-,35-25?. The van der Waals surface area contributed by atoms with Crippen molar-refractivity contribution in [2.24, 2.45) is 11.7 Å². The smallest absolute Gasteiger partial charge is 0.246 e. The number of likely N-dealkylation sites (tertiary alicyclic amines) is 1. The van der Waals surface area contributed by atoms with Gasteiger partial charge in [-0.3, -0.25) is 4.79 Å². The second-order valence-electron chi connectivity index (χ2n) is 10.3. The summed E-state index contributed by atoms with van der Waals surface area (Å²) in [6.45, 7) is 10.4. The monoisotopic (exact) mass is 541 g/mol. The van der Waals surface area contributed by atoms with E-state index in [-0.39, 0.29) is 11.8 Å². The molecule has 1 atom stereocenters. The third-order valence-electron chi connectivity index (χ3n) is 6.94. The molecule has 6 heteroatoms. The number of nitrogens with two attached hydrogens (primary N) is 1. The molecule has 0 bridgehead atoms. The normalized spacial score (nSPS) is 17.9. The molecule has 1 fully saturated rings. The summed E-state index contributed by atoms with van der Waals surface area (Å²) in [5.41, 5.74) is 11.9. The van der Waals surface area contributed by atoms with E-state index in [0.29, 0.717) is 17.8 Å². The predicted octanol–water partition coefficient (Wildman–Crippen LogP) is 6.25. The molecule has 1 aliphatic rings. The van der Waals surface area contributed by atoms with Gasteiger partial charge in [0.05, 0.1) is 0 Å². The number of para-hydroxylation sites is 1. The van der Waals surface area contributed by atoms with Gasteiger partial charge in [-0.25, -0.2) is 0 Å². The number of amides is 1. The summed E-state index contributed by atoms with van der Waals surface area (Å²) in [5, 5.41) is 8.15. The number of allylic oxidation sites excluding steroid dienone is 7. The van der Waals surface area contributed by atoms with Crippen LogP contribution in [0.2, 0.25) is 0 Å². The maximum atomic E-state index is 12.7. The number of benzene rings is 1. The quantitative estimate of drug-likeness (QED) is 0.176. The zero-order chi connectivity index (χ0) is 29.5. The highest BCUT2D eigenvalue weighted by Crippen LogP contribution is 2.27. The molecular weight excluding hydrogens is 494 g/mol. The minimum atomic E-state index is 0.0570. The van der Waals surface area contributed by atoms with Gasteiger partial charge in [-0.15, -0.1) is 0 Å². The fourth-order valence-electron chi connectivity index (χ4n) is 4.61. The Balaban J connectivity index is 2.27.